The van der Waals surface area contributed by atoms with Crippen molar-refractivity contribution in [2.45, 2.75) is 13.8 Å². The van der Waals surface area contributed by atoms with E-state index in [1.807, 2.05) is 19.9 Å². The fraction of sp³-hybridized carbons (Fsp3) is 0.300. The van der Waals surface area contributed by atoms with Crippen LogP contribution < -0.4 is 4.74 Å². The zero-order valence-electron chi connectivity index (χ0n) is 8.30. The lowest BCUT2D eigenvalue weighted by molar-refractivity contribution is -0.137. The zero-order chi connectivity index (χ0) is 11.6. The summed E-state index contributed by atoms with van der Waals surface area (Å²) in [6.45, 7) is 3.15. The van der Waals surface area contributed by atoms with Gasteiger partial charge in [-0.05, 0) is 62.9 Å². The van der Waals surface area contributed by atoms with Crippen LogP contribution in [-0.2, 0) is 4.79 Å². The Hall–Kier alpha value is -0.390. The minimum atomic E-state index is -0.670. The lowest BCUT2D eigenvalue weighted by atomic mass is 10.1. The number of carbonyl (C=O) groups is 1. The number of aryl methyl sites for hydroxylation is 1. The third kappa shape index (κ3) is 2.80. The summed E-state index contributed by atoms with van der Waals surface area (Å²) in [5, 5.41) is 8.61. The first-order chi connectivity index (χ1) is 6.97. The molecule has 0 saturated carbocycles. The Morgan fingerprint density at radius 3 is 2.60 bits per heavy atom. The van der Waals surface area contributed by atoms with Crippen molar-refractivity contribution in [1.82, 2.24) is 0 Å². The molecule has 0 aromatic heterocycles. The van der Waals surface area contributed by atoms with Crippen molar-refractivity contribution in [1.29, 1.82) is 0 Å². The van der Waals surface area contributed by atoms with E-state index in [0.717, 1.165) is 15.6 Å². The normalized spacial score (nSPS) is 10.2. The smallest absolute Gasteiger partial charge is 0.337 e. The van der Waals surface area contributed by atoms with E-state index in [2.05, 4.69) is 31.9 Å². The molecule has 0 radical (unpaired) electrons. The second-order valence-electron chi connectivity index (χ2n) is 3.08. The van der Waals surface area contributed by atoms with E-state index in [4.69, 9.17) is 9.84 Å². The number of carbonyl (C=O) groups excluding carboxylic acids is 1. The van der Waals surface area contributed by atoms with Crippen LogP contribution in [0.3, 0.4) is 0 Å². The van der Waals surface area contributed by atoms with Crippen molar-refractivity contribution in [2.24, 2.45) is 0 Å². The summed E-state index contributed by atoms with van der Waals surface area (Å²) in [4.78, 5) is 11.0. The number of ether oxygens (including phenoxy) is 1. The van der Waals surface area contributed by atoms with Gasteiger partial charge in [-0.3, -0.25) is 0 Å². The van der Waals surface area contributed by atoms with Crippen LogP contribution in [0.1, 0.15) is 11.1 Å². The minimum absolute atomic E-state index is 0.445. The molecule has 0 unspecified atom stereocenters. The van der Waals surface area contributed by atoms with Gasteiger partial charge in [0.25, 0.3) is 0 Å². The van der Waals surface area contributed by atoms with E-state index in [1.54, 1.807) is 0 Å². The minimum Gasteiger partial charge on any atom is -0.423 e. The van der Waals surface area contributed by atoms with Crippen molar-refractivity contribution < 1.29 is 14.6 Å². The third-order valence-electron chi connectivity index (χ3n) is 2.03. The van der Waals surface area contributed by atoms with E-state index >= 15 is 0 Å². The molecule has 1 aromatic rings. The molecule has 0 fully saturated rings. The number of halogens is 2. The van der Waals surface area contributed by atoms with Crippen molar-refractivity contribution in [3.05, 3.63) is 26.1 Å². The molecule has 0 heterocycles. The van der Waals surface area contributed by atoms with Crippen LogP contribution in [0.5, 0.6) is 5.75 Å². The van der Waals surface area contributed by atoms with Crippen molar-refractivity contribution >= 4 is 37.8 Å². The third-order valence-corrected chi connectivity index (χ3v) is 3.97. The number of benzene rings is 1. The van der Waals surface area contributed by atoms with Crippen LogP contribution in [0, 0.1) is 13.8 Å². The Morgan fingerprint density at radius 1 is 1.47 bits per heavy atom. The van der Waals surface area contributed by atoms with Gasteiger partial charge in [-0.1, -0.05) is 0 Å². The molecular weight excluding hydrogens is 328 g/mol. The number of hydrogen-bond donors (Lipinski definition) is 1. The number of esters is 1. The van der Waals surface area contributed by atoms with E-state index in [0.29, 0.717) is 10.2 Å². The molecule has 82 valence electrons. The number of aliphatic hydroxyl groups excluding tert-OH is 1. The topological polar surface area (TPSA) is 46.5 Å². The molecule has 0 aliphatic rings. The van der Waals surface area contributed by atoms with Crippen LogP contribution in [0.4, 0.5) is 0 Å². The van der Waals surface area contributed by atoms with Crippen LogP contribution in [0.15, 0.2) is 15.0 Å². The van der Waals surface area contributed by atoms with E-state index in [9.17, 15) is 4.79 Å². The number of aliphatic hydroxyl groups is 1. The molecule has 0 saturated heterocycles. The highest BCUT2D eigenvalue weighted by Gasteiger charge is 2.14. The van der Waals surface area contributed by atoms with Gasteiger partial charge < -0.3 is 9.84 Å². The van der Waals surface area contributed by atoms with Crippen LogP contribution in [-0.4, -0.2) is 17.7 Å². The Balaban J connectivity index is 3.21. The maximum atomic E-state index is 11.0. The monoisotopic (exact) mass is 336 g/mol. The van der Waals surface area contributed by atoms with E-state index in [-0.39, 0.29) is 0 Å². The van der Waals surface area contributed by atoms with Crippen LogP contribution in [0.25, 0.3) is 0 Å². The second kappa shape index (κ2) is 5.09. The molecule has 0 aliphatic carbocycles. The Bertz CT molecular complexity index is 376. The Kier molecular flexibility index (Phi) is 4.31. The molecule has 0 spiro atoms. The van der Waals surface area contributed by atoms with Gasteiger partial charge in [0.05, 0.1) is 4.47 Å². The van der Waals surface area contributed by atoms with Crippen molar-refractivity contribution in [3.63, 3.8) is 0 Å². The fourth-order valence-electron chi connectivity index (χ4n) is 1.08. The van der Waals surface area contributed by atoms with Crippen LogP contribution in [0.2, 0.25) is 0 Å². The average molecular weight is 338 g/mol. The SMILES string of the molecule is Cc1cc(Br)c(Br)c(OC(=O)CO)c1C. The highest BCUT2D eigenvalue weighted by molar-refractivity contribution is 9.13. The summed E-state index contributed by atoms with van der Waals surface area (Å²) >= 11 is 6.66. The first kappa shape index (κ1) is 12.7. The van der Waals surface area contributed by atoms with Gasteiger partial charge in [0.1, 0.15) is 12.4 Å². The molecule has 1 aromatic carbocycles. The lowest BCUT2D eigenvalue weighted by Crippen LogP contribution is -2.13. The maximum absolute atomic E-state index is 11.0. The first-order valence-corrected chi connectivity index (χ1v) is 5.82. The molecule has 15 heavy (non-hydrogen) atoms. The molecular formula is C10H10Br2O3. The van der Waals surface area contributed by atoms with Gasteiger partial charge in [-0.15, -0.1) is 0 Å². The van der Waals surface area contributed by atoms with Gasteiger partial charge in [0.15, 0.2) is 0 Å². The van der Waals surface area contributed by atoms with Gasteiger partial charge >= 0.3 is 5.97 Å². The van der Waals surface area contributed by atoms with Crippen molar-refractivity contribution in [3.8, 4) is 5.75 Å². The summed E-state index contributed by atoms with van der Waals surface area (Å²) in [6, 6.07) is 1.93. The molecule has 1 N–H and O–H groups in total. The van der Waals surface area contributed by atoms with E-state index in [1.165, 1.54) is 0 Å². The van der Waals surface area contributed by atoms with Gasteiger partial charge in [0, 0.05) is 4.47 Å². The van der Waals surface area contributed by atoms with E-state index < -0.39 is 12.6 Å². The Labute approximate surface area is 105 Å². The van der Waals surface area contributed by atoms with Crippen molar-refractivity contribution in [2.75, 3.05) is 6.61 Å². The standard InChI is InChI=1S/C10H10Br2O3/c1-5-3-7(11)9(12)10(6(5)2)15-8(14)4-13/h3,13H,4H2,1-2H3. The summed E-state index contributed by atoms with van der Waals surface area (Å²) in [6.07, 6.45) is 0. The predicted molar refractivity (Wildman–Crippen MR) is 64.0 cm³/mol. The Morgan fingerprint density at radius 2 is 2.07 bits per heavy atom. The van der Waals surface area contributed by atoms with Gasteiger partial charge in [0.2, 0.25) is 0 Å². The van der Waals surface area contributed by atoms with Gasteiger partial charge in [-0.25, -0.2) is 4.79 Å². The molecule has 1 rings (SSSR count). The average Bonchev–Trinajstić information content (AvgIpc) is 2.21. The molecule has 0 atom stereocenters. The first-order valence-electron chi connectivity index (χ1n) is 4.24. The molecule has 5 heteroatoms. The molecule has 0 bridgehead atoms. The van der Waals surface area contributed by atoms with Gasteiger partial charge in [-0.2, -0.15) is 0 Å². The molecule has 3 nitrogen and oxygen atoms in total. The summed E-state index contributed by atoms with van der Waals surface area (Å²) in [5.74, 6) is -0.225. The predicted octanol–water partition coefficient (Wildman–Crippen LogP) is 2.73. The highest BCUT2D eigenvalue weighted by Crippen LogP contribution is 2.37. The second-order valence-corrected chi connectivity index (χ2v) is 4.72. The largest absolute Gasteiger partial charge is 0.423 e. The number of hydrogen-bond acceptors (Lipinski definition) is 3. The molecule has 0 aliphatic heterocycles. The van der Waals surface area contributed by atoms with Crippen LogP contribution >= 0.6 is 31.9 Å². The molecule has 0 amide bonds. The lowest BCUT2D eigenvalue weighted by Gasteiger charge is -2.12. The zero-order valence-corrected chi connectivity index (χ0v) is 11.5. The fourth-order valence-corrected chi connectivity index (χ4v) is 2.10. The number of rotatable bonds is 2. The summed E-state index contributed by atoms with van der Waals surface area (Å²) in [7, 11) is 0. The summed E-state index contributed by atoms with van der Waals surface area (Å²) in [5.41, 5.74) is 1.87. The summed E-state index contributed by atoms with van der Waals surface area (Å²) < 4.78 is 6.51. The quantitative estimate of drug-likeness (QED) is 0.666. The highest BCUT2D eigenvalue weighted by atomic mass is 79.9. The maximum Gasteiger partial charge on any atom is 0.337 e.